The second-order valence-corrected chi connectivity index (χ2v) is 5.54. The molecule has 0 spiro atoms. The van der Waals surface area contributed by atoms with Crippen molar-refractivity contribution in [2.75, 3.05) is 0 Å². The number of nitrogens with zero attached hydrogens (tertiary/aromatic N) is 1. The number of hydrogen-bond acceptors (Lipinski definition) is 3. The summed E-state index contributed by atoms with van der Waals surface area (Å²) in [6, 6.07) is 9.23. The molecule has 2 heterocycles. The number of hydrogen-bond donors (Lipinski definition) is 2. The average molecular weight is 290 g/mol. The van der Waals surface area contributed by atoms with E-state index in [1.165, 1.54) is 4.90 Å². The van der Waals surface area contributed by atoms with E-state index >= 15 is 0 Å². The molecule has 6 nitrogen and oxygen atoms in total. The molecule has 112 valence electrons. The van der Waals surface area contributed by atoms with Crippen LogP contribution in [0.15, 0.2) is 30.3 Å². The number of carbonyl (C=O) groups excluding carboxylic acids is 1. The fourth-order valence-electron chi connectivity index (χ4n) is 3.36. The lowest BCUT2D eigenvalue weighted by atomic mass is 9.96. The lowest BCUT2D eigenvalue weighted by Crippen LogP contribution is -2.45. The zero-order valence-electron chi connectivity index (χ0n) is 11.6. The van der Waals surface area contributed by atoms with Crippen LogP contribution in [-0.4, -0.2) is 40.3 Å². The first-order valence-electron chi connectivity index (χ1n) is 7.13. The van der Waals surface area contributed by atoms with Crippen molar-refractivity contribution in [2.45, 2.75) is 44.0 Å². The fraction of sp³-hybridized carbons (Fsp3) is 0.467. The van der Waals surface area contributed by atoms with Crippen LogP contribution in [0, 0.1) is 0 Å². The van der Waals surface area contributed by atoms with Gasteiger partial charge in [-0.2, -0.15) is 0 Å². The van der Waals surface area contributed by atoms with Crippen molar-refractivity contribution in [3.8, 4) is 0 Å². The minimum Gasteiger partial charge on any atom is -0.465 e. The minimum atomic E-state index is -0.899. The van der Waals surface area contributed by atoms with Gasteiger partial charge in [-0.3, -0.25) is 0 Å². The van der Waals surface area contributed by atoms with Gasteiger partial charge in [0.2, 0.25) is 0 Å². The summed E-state index contributed by atoms with van der Waals surface area (Å²) in [4.78, 5) is 24.5. The highest BCUT2D eigenvalue weighted by Crippen LogP contribution is 2.37. The number of nitrogens with one attached hydrogen (secondary N) is 1. The van der Waals surface area contributed by atoms with Crippen molar-refractivity contribution < 1.29 is 19.4 Å². The van der Waals surface area contributed by atoms with E-state index in [9.17, 15) is 14.7 Å². The number of carboxylic acid groups (broad SMARTS) is 1. The van der Waals surface area contributed by atoms with E-state index in [0.717, 1.165) is 18.4 Å². The third kappa shape index (κ3) is 2.79. The summed E-state index contributed by atoms with van der Waals surface area (Å²) in [5.41, 5.74) is 0.924. The van der Waals surface area contributed by atoms with Crippen LogP contribution in [0.1, 0.15) is 24.8 Å². The maximum atomic E-state index is 11.8. The zero-order chi connectivity index (χ0) is 14.8. The normalized spacial score (nSPS) is 26.7. The maximum Gasteiger partial charge on any atom is 0.407 e. The second-order valence-electron chi connectivity index (χ2n) is 5.54. The molecule has 2 fully saturated rings. The highest BCUT2D eigenvalue weighted by Gasteiger charge is 2.49. The van der Waals surface area contributed by atoms with Gasteiger partial charge >= 0.3 is 12.2 Å². The number of fused-ring (bicyclic) bond motifs is 2. The Labute approximate surface area is 122 Å². The molecule has 0 radical (unpaired) electrons. The van der Waals surface area contributed by atoms with Gasteiger partial charge in [-0.05, 0) is 24.8 Å². The maximum absolute atomic E-state index is 11.8. The molecule has 0 saturated carbocycles. The van der Waals surface area contributed by atoms with E-state index in [1.54, 1.807) is 0 Å². The van der Waals surface area contributed by atoms with Gasteiger partial charge in [-0.1, -0.05) is 30.3 Å². The van der Waals surface area contributed by atoms with Gasteiger partial charge in [0.25, 0.3) is 0 Å². The Morgan fingerprint density at radius 3 is 2.71 bits per heavy atom. The molecule has 3 atom stereocenters. The number of ether oxygens (including phenoxy) is 1. The van der Waals surface area contributed by atoms with Crippen LogP contribution in [-0.2, 0) is 11.3 Å². The van der Waals surface area contributed by atoms with Crippen LogP contribution >= 0.6 is 0 Å². The lowest BCUT2D eigenvalue weighted by Gasteiger charge is -2.22. The lowest BCUT2D eigenvalue weighted by molar-refractivity contribution is 0.126. The van der Waals surface area contributed by atoms with E-state index in [4.69, 9.17) is 4.74 Å². The summed E-state index contributed by atoms with van der Waals surface area (Å²) in [6.07, 6.45) is 0.984. The topological polar surface area (TPSA) is 78.9 Å². The Kier molecular flexibility index (Phi) is 3.68. The van der Waals surface area contributed by atoms with E-state index < -0.39 is 12.2 Å². The van der Waals surface area contributed by atoms with Crippen LogP contribution in [0.3, 0.4) is 0 Å². The van der Waals surface area contributed by atoms with Gasteiger partial charge in [-0.15, -0.1) is 0 Å². The highest BCUT2D eigenvalue weighted by atomic mass is 16.5. The molecule has 6 heteroatoms. The van der Waals surface area contributed by atoms with Crippen LogP contribution in [0.25, 0.3) is 0 Å². The van der Waals surface area contributed by atoms with Crippen molar-refractivity contribution in [2.24, 2.45) is 0 Å². The smallest absolute Gasteiger partial charge is 0.407 e. The molecule has 0 unspecified atom stereocenters. The molecule has 3 rings (SSSR count). The second kappa shape index (κ2) is 5.63. The van der Waals surface area contributed by atoms with E-state index in [0.29, 0.717) is 6.42 Å². The first-order chi connectivity index (χ1) is 10.1. The van der Waals surface area contributed by atoms with Gasteiger partial charge < -0.3 is 20.1 Å². The van der Waals surface area contributed by atoms with Gasteiger partial charge in [-0.25, -0.2) is 9.59 Å². The molecule has 1 aromatic rings. The summed E-state index contributed by atoms with van der Waals surface area (Å²) >= 11 is 0. The van der Waals surface area contributed by atoms with Gasteiger partial charge in [0.1, 0.15) is 6.61 Å². The molecule has 0 aliphatic carbocycles. The molecular formula is C15H18N2O4. The molecule has 2 aliphatic rings. The van der Waals surface area contributed by atoms with Crippen molar-refractivity contribution in [3.63, 3.8) is 0 Å². The summed E-state index contributed by atoms with van der Waals surface area (Å²) in [5, 5.41) is 12.0. The van der Waals surface area contributed by atoms with Gasteiger partial charge in [0.05, 0.1) is 12.1 Å². The third-order valence-electron chi connectivity index (χ3n) is 4.27. The Morgan fingerprint density at radius 1 is 1.29 bits per heavy atom. The summed E-state index contributed by atoms with van der Waals surface area (Å²) in [7, 11) is 0. The zero-order valence-corrected chi connectivity index (χ0v) is 11.6. The predicted octanol–water partition coefficient (Wildman–Crippen LogP) is 2.20. The van der Waals surface area contributed by atoms with Crippen LogP contribution < -0.4 is 5.32 Å². The number of amides is 2. The van der Waals surface area contributed by atoms with Crippen LogP contribution in [0.5, 0.6) is 0 Å². The largest absolute Gasteiger partial charge is 0.465 e. The van der Waals surface area contributed by atoms with Crippen molar-refractivity contribution in [1.82, 2.24) is 10.2 Å². The van der Waals surface area contributed by atoms with E-state index in [2.05, 4.69) is 5.32 Å². The number of alkyl carbamates (subject to hydrolysis) is 1. The van der Waals surface area contributed by atoms with E-state index in [-0.39, 0.29) is 24.7 Å². The van der Waals surface area contributed by atoms with Gasteiger partial charge in [0.15, 0.2) is 0 Å². The fourth-order valence-corrected chi connectivity index (χ4v) is 3.36. The SMILES string of the molecule is O=C(N[C@H]1C[C@@H]2CC[C@H]1N2C(=O)O)OCc1ccccc1. The summed E-state index contributed by atoms with van der Waals surface area (Å²) in [6.45, 7) is 0.218. The Hall–Kier alpha value is -2.24. The first kappa shape index (κ1) is 13.7. The van der Waals surface area contributed by atoms with E-state index in [1.807, 2.05) is 30.3 Å². The molecule has 1 aromatic carbocycles. The van der Waals surface area contributed by atoms with Crippen molar-refractivity contribution >= 4 is 12.2 Å². The summed E-state index contributed by atoms with van der Waals surface area (Å²) < 4.78 is 5.18. The molecule has 2 N–H and O–H groups in total. The van der Waals surface area contributed by atoms with Crippen LogP contribution in [0.2, 0.25) is 0 Å². The highest BCUT2D eigenvalue weighted by molar-refractivity contribution is 5.70. The average Bonchev–Trinajstić information content (AvgIpc) is 3.04. The number of rotatable bonds is 3. The number of benzene rings is 1. The molecule has 2 aliphatic heterocycles. The Bertz CT molecular complexity index is 534. The summed E-state index contributed by atoms with van der Waals surface area (Å²) in [5.74, 6) is 0. The Morgan fingerprint density at radius 2 is 2.05 bits per heavy atom. The number of carbonyl (C=O) groups is 2. The molecule has 2 bridgehead atoms. The minimum absolute atomic E-state index is 0.0342. The van der Waals surface area contributed by atoms with Gasteiger partial charge in [0, 0.05) is 6.04 Å². The van der Waals surface area contributed by atoms with Crippen LogP contribution in [0.4, 0.5) is 9.59 Å². The van der Waals surface area contributed by atoms with Crippen molar-refractivity contribution in [3.05, 3.63) is 35.9 Å². The monoisotopic (exact) mass is 290 g/mol. The molecule has 0 aromatic heterocycles. The molecule has 2 amide bonds. The predicted molar refractivity (Wildman–Crippen MR) is 74.8 cm³/mol. The van der Waals surface area contributed by atoms with Crippen molar-refractivity contribution in [1.29, 1.82) is 0 Å². The Balaban J connectivity index is 1.51. The standard InChI is InChI=1S/C15H18N2O4/c18-14(21-9-10-4-2-1-3-5-10)16-12-8-11-6-7-13(12)17(11)15(19)20/h1-5,11-13H,6-9H2,(H,16,18)(H,19,20)/t11-,12-,13+/m0/s1. The molecule has 2 saturated heterocycles. The molecular weight excluding hydrogens is 272 g/mol. The quantitative estimate of drug-likeness (QED) is 0.894. The molecule has 21 heavy (non-hydrogen) atoms. The third-order valence-corrected chi connectivity index (χ3v) is 4.27. The first-order valence-corrected chi connectivity index (χ1v) is 7.13.